The molecule has 0 amide bonds. The van der Waals surface area contributed by atoms with Gasteiger partial charge in [0, 0.05) is 23.1 Å². The summed E-state index contributed by atoms with van der Waals surface area (Å²) in [5.74, 6) is 0.144. The minimum Gasteiger partial charge on any atom is -0.404 e. The average Bonchev–Trinajstić information content (AvgIpc) is 3.06. The Hall–Kier alpha value is -2.88. The molecule has 3 rings (SSSR count). The molecule has 2 heterocycles. The standard InChI is InChI=1S/C16H18N5O7P/c1-10-8-21(16(23)18-15(10)22)14-7-12(19-20-17)13(27-14)9-26-29(24,25)28-11-5-3-2-4-6-11/h2-6,8,12-14H,7,9H2,1H3,(H,24,25)(H,18,22,23)/t12-,13+,14+/m0/s1. The van der Waals surface area contributed by atoms with Gasteiger partial charge < -0.3 is 9.26 Å². The number of benzene rings is 1. The van der Waals surface area contributed by atoms with Gasteiger partial charge in [0.25, 0.3) is 5.56 Å². The number of aryl methyl sites for hydroxylation is 1. The summed E-state index contributed by atoms with van der Waals surface area (Å²) < 4.78 is 28.9. The predicted molar refractivity (Wildman–Crippen MR) is 100 cm³/mol. The van der Waals surface area contributed by atoms with Crippen LogP contribution in [-0.2, 0) is 13.8 Å². The van der Waals surface area contributed by atoms with Gasteiger partial charge in [0.05, 0.1) is 18.8 Å². The van der Waals surface area contributed by atoms with Crippen molar-refractivity contribution in [2.75, 3.05) is 6.61 Å². The van der Waals surface area contributed by atoms with E-state index in [0.717, 1.165) is 4.57 Å². The number of para-hydroxylation sites is 1. The Bertz CT molecular complexity index is 1080. The molecule has 1 aromatic carbocycles. The summed E-state index contributed by atoms with van der Waals surface area (Å²) in [6, 6.07) is 7.18. The summed E-state index contributed by atoms with van der Waals surface area (Å²) >= 11 is 0. The minimum atomic E-state index is -4.46. The highest BCUT2D eigenvalue weighted by atomic mass is 31.2. The second-order valence-corrected chi connectivity index (χ2v) is 7.66. The third-order valence-corrected chi connectivity index (χ3v) is 5.14. The lowest BCUT2D eigenvalue weighted by molar-refractivity contribution is -0.0263. The van der Waals surface area contributed by atoms with Gasteiger partial charge in [0.1, 0.15) is 12.0 Å². The summed E-state index contributed by atoms with van der Waals surface area (Å²) in [6.07, 6.45) is -0.318. The number of hydrogen-bond acceptors (Lipinski definition) is 7. The zero-order chi connectivity index (χ0) is 21.0. The fourth-order valence-corrected chi connectivity index (χ4v) is 3.61. The SMILES string of the molecule is Cc1cn([C@H]2C[C@H](N=[N+]=[N-])[C@@H](COP(=O)(O)Oc3ccccc3)O2)c(=O)[nH]c1=O. The maximum Gasteiger partial charge on any atom is 0.527 e. The lowest BCUT2D eigenvalue weighted by atomic mass is 10.1. The van der Waals surface area contributed by atoms with Crippen LogP contribution in [0.2, 0.25) is 0 Å². The summed E-state index contributed by atoms with van der Waals surface area (Å²) in [4.78, 5) is 38.4. The van der Waals surface area contributed by atoms with E-state index < -0.39 is 44.1 Å². The molecule has 0 bridgehead atoms. The first-order chi connectivity index (χ1) is 13.8. The van der Waals surface area contributed by atoms with E-state index in [2.05, 4.69) is 15.0 Å². The molecule has 0 aliphatic carbocycles. The predicted octanol–water partition coefficient (Wildman–Crippen LogP) is 2.01. The third kappa shape index (κ3) is 5.14. The minimum absolute atomic E-state index is 0.110. The van der Waals surface area contributed by atoms with Crippen LogP contribution in [0.1, 0.15) is 18.2 Å². The van der Waals surface area contributed by atoms with Crippen LogP contribution in [0.4, 0.5) is 0 Å². The zero-order valence-electron chi connectivity index (χ0n) is 15.2. The molecule has 2 N–H and O–H groups in total. The molecule has 154 valence electrons. The van der Waals surface area contributed by atoms with Crippen molar-refractivity contribution in [2.45, 2.75) is 31.7 Å². The number of phosphoric ester groups is 1. The number of nitrogens with zero attached hydrogens (tertiary/aromatic N) is 4. The van der Waals surface area contributed by atoms with E-state index >= 15 is 0 Å². The van der Waals surface area contributed by atoms with Gasteiger partial charge >= 0.3 is 13.5 Å². The van der Waals surface area contributed by atoms with Gasteiger partial charge in [-0.3, -0.25) is 23.8 Å². The smallest absolute Gasteiger partial charge is 0.404 e. The Morgan fingerprint density at radius 3 is 2.83 bits per heavy atom. The van der Waals surface area contributed by atoms with Crippen molar-refractivity contribution in [3.63, 3.8) is 0 Å². The van der Waals surface area contributed by atoms with Crippen molar-refractivity contribution >= 4 is 7.82 Å². The summed E-state index contributed by atoms with van der Waals surface area (Å²) in [5.41, 5.74) is 7.87. The number of azide groups is 1. The fourth-order valence-electron chi connectivity index (χ4n) is 2.83. The van der Waals surface area contributed by atoms with Crippen molar-refractivity contribution in [1.29, 1.82) is 0 Å². The Morgan fingerprint density at radius 2 is 2.14 bits per heavy atom. The number of ether oxygens (including phenoxy) is 1. The molecule has 1 aromatic heterocycles. The maximum absolute atomic E-state index is 12.1. The van der Waals surface area contributed by atoms with Gasteiger partial charge in [-0.25, -0.2) is 9.36 Å². The van der Waals surface area contributed by atoms with E-state index in [-0.39, 0.29) is 12.2 Å². The number of aromatic amines is 1. The van der Waals surface area contributed by atoms with E-state index in [1.807, 2.05) is 0 Å². The van der Waals surface area contributed by atoms with Gasteiger partial charge in [-0.1, -0.05) is 23.3 Å². The average molecular weight is 423 g/mol. The number of aromatic nitrogens is 2. The van der Waals surface area contributed by atoms with E-state index in [0.29, 0.717) is 5.56 Å². The van der Waals surface area contributed by atoms with Crippen LogP contribution >= 0.6 is 7.82 Å². The number of phosphoric acid groups is 1. The van der Waals surface area contributed by atoms with Crippen LogP contribution in [0.5, 0.6) is 5.75 Å². The first-order valence-electron chi connectivity index (χ1n) is 8.53. The Balaban J connectivity index is 1.72. The normalized spacial score (nSPS) is 23.2. The molecule has 0 saturated carbocycles. The molecular weight excluding hydrogens is 405 g/mol. The van der Waals surface area contributed by atoms with Crippen molar-refractivity contribution in [2.24, 2.45) is 5.11 Å². The first-order valence-corrected chi connectivity index (χ1v) is 10.0. The molecule has 1 aliphatic heterocycles. The van der Waals surface area contributed by atoms with Crippen molar-refractivity contribution in [3.05, 3.63) is 73.4 Å². The molecular formula is C16H18N5O7P. The topological polar surface area (TPSA) is 169 Å². The maximum atomic E-state index is 12.1. The molecule has 12 nitrogen and oxygen atoms in total. The molecule has 13 heteroatoms. The van der Waals surface area contributed by atoms with Gasteiger partial charge in [0.2, 0.25) is 0 Å². The number of hydrogen-bond donors (Lipinski definition) is 2. The summed E-state index contributed by atoms with van der Waals surface area (Å²) in [7, 11) is -4.46. The molecule has 29 heavy (non-hydrogen) atoms. The van der Waals surface area contributed by atoms with Crippen molar-refractivity contribution in [1.82, 2.24) is 9.55 Å². The fraction of sp³-hybridized carbons (Fsp3) is 0.375. The lowest BCUT2D eigenvalue weighted by Crippen LogP contribution is -2.33. The van der Waals surface area contributed by atoms with Crippen molar-refractivity contribution < 1.29 is 23.2 Å². The Kier molecular flexibility index (Phi) is 6.21. The van der Waals surface area contributed by atoms with Gasteiger partial charge in [-0.2, -0.15) is 0 Å². The van der Waals surface area contributed by atoms with Crippen LogP contribution in [0.3, 0.4) is 0 Å². The van der Waals surface area contributed by atoms with Crippen molar-refractivity contribution in [3.8, 4) is 5.75 Å². The quantitative estimate of drug-likeness (QED) is 0.297. The van der Waals surface area contributed by atoms with E-state index in [4.69, 9.17) is 19.3 Å². The van der Waals surface area contributed by atoms with Crippen LogP contribution < -0.4 is 15.8 Å². The first kappa shape index (κ1) is 20.8. The van der Waals surface area contributed by atoms with E-state index in [9.17, 15) is 19.0 Å². The molecule has 1 saturated heterocycles. The zero-order valence-corrected chi connectivity index (χ0v) is 16.1. The molecule has 1 unspecified atom stereocenters. The largest absolute Gasteiger partial charge is 0.527 e. The highest BCUT2D eigenvalue weighted by Crippen LogP contribution is 2.44. The molecule has 4 atom stereocenters. The molecule has 1 aliphatic rings. The Labute approximate surface area is 163 Å². The lowest BCUT2D eigenvalue weighted by Gasteiger charge is -2.18. The molecule has 0 spiro atoms. The van der Waals surface area contributed by atoms with E-state index in [1.165, 1.54) is 25.3 Å². The summed E-state index contributed by atoms with van der Waals surface area (Å²) in [5, 5.41) is 3.61. The van der Waals surface area contributed by atoms with Crippen LogP contribution in [0, 0.1) is 6.92 Å². The Morgan fingerprint density at radius 1 is 1.41 bits per heavy atom. The second kappa shape index (κ2) is 8.64. The summed E-state index contributed by atoms with van der Waals surface area (Å²) in [6.45, 7) is 1.11. The van der Waals surface area contributed by atoms with Gasteiger partial charge in [-0.15, -0.1) is 0 Å². The molecule has 2 aromatic rings. The highest BCUT2D eigenvalue weighted by Gasteiger charge is 2.38. The molecule has 1 fully saturated rings. The van der Waals surface area contributed by atoms with E-state index in [1.54, 1.807) is 18.2 Å². The van der Waals surface area contributed by atoms with Crippen LogP contribution in [-0.4, -0.2) is 33.2 Å². The van der Waals surface area contributed by atoms with Gasteiger partial charge in [-0.05, 0) is 24.6 Å². The number of H-pyrrole nitrogens is 1. The van der Waals surface area contributed by atoms with Crippen LogP contribution in [0.15, 0.2) is 51.2 Å². The number of rotatable bonds is 7. The van der Waals surface area contributed by atoms with Gasteiger partial charge in [0.15, 0.2) is 0 Å². The number of nitrogens with one attached hydrogen (secondary N) is 1. The highest BCUT2D eigenvalue weighted by molar-refractivity contribution is 7.47. The second-order valence-electron chi connectivity index (χ2n) is 6.28. The van der Waals surface area contributed by atoms with Crippen LogP contribution in [0.25, 0.3) is 10.4 Å². The monoisotopic (exact) mass is 423 g/mol. The molecule has 0 radical (unpaired) electrons. The third-order valence-electron chi connectivity index (χ3n) is 4.23.